The lowest BCUT2D eigenvalue weighted by molar-refractivity contribution is -0.118. The quantitative estimate of drug-likeness (QED) is 0.234. The summed E-state index contributed by atoms with van der Waals surface area (Å²) in [4.78, 5) is 25.2. The van der Waals surface area contributed by atoms with Gasteiger partial charge in [0.15, 0.2) is 18.1 Å². The van der Waals surface area contributed by atoms with Gasteiger partial charge in [0.1, 0.15) is 11.6 Å². The summed E-state index contributed by atoms with van der Waals surface area (Å²) >= 11 is 3.47. The Morgan fingerprint density at radius 2 is 1.76 bits per heavy atom. The van der Waals surface area contributed by atoms with Gasteiger partial charge in [-0.25, -0.2) is 0 Å². The predicted molar refractivity (Wildman–Crippen MR) is 149 cm³/mol. The summed E-state index contributed by atoms with van der Waals surface area (Å²) in [7, 11) is 0. The Balaban J connectivity index is 1.77. The fourth-order valence-corrected chi connectivity index (χ4v) is 4.16. The van der Waals surface area contributed by atoms with Crippen molar-refractivity contribution in [2.24, 2.45) is 0 Å². The summed E-state index contributed by atoms with van der Waals surface area (Å²) in [5.41, 5.74) is 4.86. The van der Waals surface area contributed by atoms with Gasteiger partial charge in [-0.15, -0.1) is 0 Å². The molecule has 0 saturated heterocycles. The van der Waals surface area contributed by atoms with E-state index in [9.17, 15) is 14.9 Å². The number of nitriles is 1. The molecule has 0 heterocycles. The fourth-order valence-electron chi connectivity index (χ4n) is 3.59. The zero-order chi connectivity index (χ0) is 26.9. The number of carbonyl (C=O) groups is 2. The molecule has 37 heavy (non-hydrogen) atoms. The molecular formula is C29H28BrN3O4. The van der Waals surface area contributed by atoms with Crippen LogP contribution < -0.4 is 20.1 Å². The van der Waals surface area contributed by atoms with Crippen LogP contribution >= 0.6 is 15.9 Å². The standard InChI is InChI=1S/C29H28BrN3O4/c1-5-36-26-15-21(13-22(16-31)29(35)32-23-8-6-7-18(2)12-23)14-24(30)28(26)37-17-27(34)33-25-10-9-19(3)11-20(25)4/h6-15H,5,17H2,1-4H3,(H,32,35)(H,33,34)/b22-13+. The maximum Gasteiger partial charge on any atom is 0.266 e. The van der Waals surface area contributed by atoms with E-state index >= 15 is 0 Å². The van der Waals surface area contributed by atoms with Crippen LogP contribution in [0.3, 0.4) is 0 Å². The van der Waals surface area contributed by atoms with E-state index in [-0.39, 0.29) is 18.1 Å². The lowest BCUT2D eigenvalue weighted by Crippen LogP contribution is -2.21. The van der Waals surface area contributed by atoms with Crippen molar-refractivity contribution in [2.45, 2.75) is 27.7 Å². The highest BCUT2D eigenvalue weighted by Gasteiger charge is 2.16. The number of ether oxygens (including phenoxy) is 2. The molecule has 0 fully saturated rings. The van der Waals surface area contributed by atoms with Crippen LogP contribution in [0.5, 0.6) is 11.5 Å². The van der Waals surface area contributed by atoms with E-state index < -0.39 is 5.91 Å². The van der Waals surface area contributed by atoms with E-state index in [0.717, 1.165) is 22.4 Å². The lowest BCUT2D eigenvalue weighted by Gasteiger charge is -2.15. The lowest BCUT2D eigenvalue weighted by atomic mass is 10.1. The number of hydrogen-bond donors (Lipinski definition) is 2. The monoisotopic (exact) mass is 561 g/mol. The van der Waals surface area contributed by atoms with Crippen LogP contribution in [0.4, 0.5) is 11.4 Å². The van der Waals surface area contributed by atoms with Crippen molar-refractivity contribution in [3.8, 4) is 17.6 Å². The summed E-state index contributed by atoms with van der Waals surface area (Å²) in [6, 6.07) is 18.4. The first-order valence-electron chi connectivity index (χ1n) is 11.7. The molecule has 190 valence electrons. The van der Waals surface area contributed by atoms with Gasteiger partial charge in [0.25, 0.3) is 11.8 Å². The molecule has 0 unspecified atom stereocenters. The van der Waals surface area contributed by atoms with Gasteiger partial charge in [-0.3, -0.25) is 9.59 Å². The molecule has 0 aliphatic rings. The summed E-state index contributed by atoms with van der Waals surface area (Å²) in [5.74, 6) is -0.119. The smallest absolute Gasteiger partial charge is 0.266 e. The number of rotatable bonds is 9. The van der Waals surface area contributed by atoms with E-state index in [4.69, 9.17) is 9.47 Å². The summed E-state index contributed by atoms with van der Waals surface area (Å²) in [6.45, 7) is 7.77. The summed E-state index contributed by atoms with van der Waals surface area (Å²) in [6.07, 6.45) is 1.47. The molecule has 2 amide bonds. The molecule has 7 nitrogen and oxygen atoms in total. The molecule has 0 atom stereocenters. The van der Waals surface area contributed by atoms with E-state index in [1.807, 2.05) is 70.2 Å². The molecule has 0 aromatic heterocycles. The van der Waals surface area contributed by atoms with Gasteiger partial charge in [-0.1, -0.05) is 29.8 Å². The first-order valence-corrected chi connectivity index (χ1v) is 12.5. The van der Waals surface area contributed by atoms with Gasteiger partial charge >= 0.3 is 0 Å². The summed E-state index contributed by atoms with van der Waals surface area (Å²) in [5, 5.41) is 15.2. The molecule has 2 N–H and O–H groups in total. The Labute approximate surface area is 225 Å². The largest absolute Gasteiger partial charge is 0.490 e. The highest BCUT2D eigenvalue weighted by molar-refractivity contribution is 9.10. The minimum absolute atomic E-state index is 0.0719. The van der Waals surface area contributed by atoms with E-state index in [1.165, 1.54) is 6.08 Å². The zero-order valence-electron chi connectivity index (χ0n) is 21.1. The third-order valence-electron chi connectivity index (χ3n) is 5.29. The van der Waals surface area contributed by atoms with Crippen molar-refractivity contribution in [1.82, 2.24) is 0 Å². The predicted octanol–water partition coefficient (Wildman–Crippen LogP) is 6.34. The van der Waals surface area contributed by atoms with Crippen molar-refractivity contribution in [1.29, 1.82) is 5.26 Å². The number of amides is 2. The van der Waals surface area contributed by atoms with Crippen LogP contribution in [0.15, 0.2) is 64.6 Å². The molecule has 0 bridgehead atoms. The average molecular weight is 562 g/mol. The van der Waals surface area contributed by atoms with Crippen molar-refractivity contribution in [2.75, 3.05) is 23.8 Å². The Morgan fingerprint density at radius 3 is 2.43 bits per heavy atom. The Bertz CT molecular complexity index is 1390. The van der Waals surface area contributed by atoms with Gasteiger partial charge in [-0.2, -0.15) is 5.26 Å². The minimum atomic E-state index is -0.523. The number of benzene rings is 3. The Kier molecular flexibility index (Phi) is 9.47. The molecule has 3 rings (SSSR count). The maximum atomic E-state index is 12.7. The average Bonchev–Trinajstić information content (AvgIpc) is 2.84. The van der Waals surface area contributed by atoms with Crippen LogP contribution in [0.1, 0.15) is 29.2 Å². The molecule has 0 spiro atoms. The SMILES string of the molecule is CCOc1cc(/C=C(\C#N)C(=O)Nc2cccc(C)c2)cc(Br)c1OCC(=O)Nc1ccc(C)cc1C. The molecular weight excluding hydrogens is 534 g/mol. The van der Waals surface area contributed by atoms with Crippen molar-refractivity contribution >= 4 is 45.2 Å². The van der Waals surface area contributed by atoms with Gasteiger partial charge in [0.2, 0.25) is 0 Å². The minimum Gasteiger partial charge on any atom is -0.490 e. The Morgan fingerprint density at radius 1 is 1.00 bits per heavy atom. The molecule has 3 aromatic rings. The van der Waals surface area contributed by atoms with E-state index in [0.29, 0.717) is 33.8 Å². The first-order chi connectivity index (χ1) is 17.7. The second-order valence-corrected chi connectivity index (χ2v) is 9.27. The fraction of sp³-hybridized carbons (Fsp3) is 0.207. The van der Waals surface area contributed by atoms with Crippen LogP contribution in [-0.4, -0.2) is 25.0 Å². The van der Waals surface area contributed by atoms with Crippen LogP contribution in [-0.2, 0) is 9.59 Å². The third-order valence-corrected chi connectivity index (χ3v) is 5.88. The van der Waals surface area contributed by atoms with E-state index in [1.54, 1.807) is 18.2 Å². The Hall–Kier alpha value is -4.09. The molecule has 0 saturated carbocycles. The normalized spacial score (nSPS) is 10.9. The summed E-state index contributed by atoms with van der Waals surface area (Å²) < 4.78 is 12.0. The number of hydrogen-bond acceptors (Lipinski definition) is 5. The van der Waals surface area contributed by atoms with Gasteiger partial charge in [0.05, 0.1) is 11.1 Å². The number of aryl methyl sites for hydroxylation is 3. The molecule has 0 aliphatic heterocycles. The number of halogens is 1. The number of carbonyl (C=O) groups excluding carboxylic acids is 2. The van der Waals surface area contributed by atoms with Gasteiger partial charge in [-0.05, 0) is 96.7 Å². The van der Waals surface area contributed by atoms with Gasteiger partial charge in [0, 0.05) is 11.4 Å². The molecule has 0 aliphatic carbocycles. The highest BCUT2D eigenvalue weighted by Crippen LogP contribution is 2.37. The molecule has 0 radical (unpaired) electrons. The second-order valence-electron chi connectivity index (χ2n) is 8.41. The van der Waals surface area contributed by atoms with Crippen molar-refractivity contribution < 1.29 is 19.1 Å². The molecule has 8 heteroatoms. The van der Waals surface area contributed by atoms with Crippen LogP contribution in [0, 0.1) is 32.1 Å². The van der Waals surface area contributed by atoms with E-state index in [2.05, 4.69) is 26.6 Å². The third kappa shape index (κ3) is 7.69. The van der Waals surface area contributed by atoms with Crippen LogP contribution in [0.25, 0.3) is 6.08 Å². The second kappa shape index (κ2) is 12.7. The van der Waals surface area contributed by atoms with Crippen molar-refractivity contribution in [3.05, 3.63) is 86.9 Å². The number of nitrogens with zero attached hydrogens (tertiary/aromatic N) is 1. The molecule has 3 aromatic carbocycles. The topological polar surface area (TPSA) is 100 Å². The zero-order valence-corrected chi connectivity index (χ0v) is 22.7. The number of anilines is 2. The number of nitrogens with one attached hydrogen (secondary N) is 2. The highest BCUT2D eigenvalue weighted by atomic mass is 79.9. The van der Waals surface area contributed by atoms with Crippen LogP contribution in [0.2, 0.25) is 0 Å². The first kappa shape index (κ1) is 27.5. The van der Waals surface area contributed by atoms with Crippen molar-refractivity contribution in [3.63, 3.8) is 0 Å². The van der Waals surface area contributed by atoms with Gasteiger partial charge < -0.3 is 20.1 Å². The maximum absolute atomic E-state index is 12.7.